The maximum absolute atomic E-state index is 14.3. The van der Waals surface area contributed by atoms with Gasteiger partial charge in [-0.2, -0.15) is 0 Å². The first-order valence-corrected chi connectivity index (χ1v) is 9.40. The summed E-state index contributed by atoms with van der Waals surface area (Å²) < 4.78 is 14.3. The molecule has 0 amide bonds. The molecule has 1 atom stereocenters. The highest BCUT2D eigenvalue weighted by Crippen LogP contribution is 2.45. The summed E-state index contributed by atoms with van der Waals surface area (Å²) in [5, 5.41) is 0.00176. The zero-order chi connectivity index (χ0) is 17.6. The lowest BCUT2D eigenvalue weighted by atomic mass is 10.0. The Kier molecular flexibility index (Phi) is 5.71. The Morgan fingerprint density at radius 2 is 1.76 bits per heavy atom. The third kappa shape index (κ3) is 3.85. The molecule has 4 heteroatoms. The fourth-order valence-electron chi connectivity index (χ4n) is 2.80. The van der Waals surface area contributed by atoms with E-state index in [-0.39, 0.29) is 11.1 Å². The number of nitrogens with one attached hydrogen (secondary N) is 1. The SMILES string of the molecule is CC.Fc1ccccc1C1CC(c2ccc[nH]2)=Nc2ccccc2S1. The van der Waals surface area contributed by atoms with Gasteiger partial charge in [0.2, 0.25) is 0 Å². The van der Waals surface area contributed by atoms with Gasteiger partial charge in [0, 0.05) is 28.3 Å². The number of rotatable bonds is 2. The van der Waals surface area contributed by atoms with Gasteiger partial charge in [0.25, 0.3) is 0 Å². The van der Waals surface area contributed by atoms with Crippen molar-refractivity contribution in [3.63, 3.8) is 0 Å². The van der Waals surface area contributed by atoms with Crippen LogP contribution in [0.2, 0.25) is 0 Å². The van der Waals surface area contributed by atoms with Crippen molar-refractivity contribution in [2.24, 2.45) is 4.99 Å². The number of para-hydroxylation sites is 1. The molecule has 1 unspecified atom stereocenters. The van der Waals surface area contributed by atoms with E-state index in [9.17, 15) is 4.39 Å². The molecule has 0 saturated heterocycles. The minimum absolute atomic E-state index is 0.00176. The summed E-state index contributed by atoms with van der Waals surface area (Å²) in [6, 6.07) is 19.0. The van der Waals surface area contributed by atoms with Crippen LogP contribution < -0.4 is 0 Å². The number of aromatic amines is 1. The number of nitrogens with zero attached hydrogens (tertiary/aromatic N) is 1. The second kappa shape index (κ2) is 8.17. The highest BCUT2D eigenvalue weighted by molar-refractivity contribution is 7.99. The number of H-pyrrole nitrogens is 1. The van der Waals surface area contributed by atoms with E-state index in [1.807, 2.05) is 62.5 Å². The van der Waals surface area contributed by atoms with Crippen LogP contribution in [0.5, 0.6) is 0 Å². The normalized spacial score (nSPS) is 16.1. The molecule has 4 rings (SSSR count). The molecule has 0 fully saturated rings. The molecule has 1 N–H and O–H groups in total. The third-order valence-corrected chi connectivity index (χ3v) is 5.23. The van der Waals surface area contributed by atoms with Crippen LogP contribution >= 0.6 is 11.8 Å². The Bertz CT molecular complexity index is 856. The second-order valence-corrected chi connectivity index (χ2v) is 6.69. The second-order valence-electron chi connectivity index (χ2n) is 5.44. The van der Waals surface area contributed by atoms with Crippen molar-refractivity contribution in [3.05, 3.63) is 83.9 Å². The predicted molar refractivity (Wildman–Crippen MR) is 104 cm³/mol. The van der Waals surface area contributed by atoms with Crippen molar-refractivity contribution >= 4 is 23.2 Å². The molecular formula is C21H21FN2S. The van der Waals surface area contributed by atoms with Crippen LogP contribution in [0.3, 0.4) is 0 Å². The summed E-state index contributed by atoms with van der Waals surface area (Å²) in [5.41, 5.74) is 3.62. The van der Waals surface area contributed by atoms with E-state index in [2.05, 4.69) is 11.1 Å². The molecule has 2 heterocycles. The topological polar surface area (TPSA) is 28.1 Å². The molecule has 3 aromatic rings. The van der Waals surface area contributed by atoms with E-state index in [4.69, 9.17) is 4.99 Å². The van der Waals surface area contributed by atoms with Crippen molar-refractivity contribution in [2.45, 2.75) is 30.4 Å². The van der Waals surface area contributed by atoms with Crippen LogP contribution in [-0.2, 0) is 0 Å². The lowest BCUT2D eigenvalue weighted by Gasteiger charge is -2.16. The van der Waals surface area contributed by atoms with Crippen LogP contribution in [0.15, 0.2) is 76.7 Å². The number of benzene rings is 2. The minimum atomic E-state index is -0.157. The van der Waals surface area contributed by atoms with Gasteiger partial charge in [-0.05, 0) is 30.3 Å². The van der Waals surface area contributed by atoms with E-state index in [0.29, 0.717) is 6.42 Å². The highest BCUT2D eigenvalue weighted by Gasteiger charge is 2.24. The Morgan fingerprint density at radius 1 is 1.00 bits per heavy atom. The van der Waals surface area contributed by atoms with Gasteiger partial charge in [-0.1, -0.05) is 44.2 Å². The van der Waals surface area contributed by atoms with Gasteiger partial charge in [0.05, 0.1) is 17.1 Å². The highest BCUT2D eigenvalue weighted by atomic mass is 32.2. The molecule has 0 spiro atoms. The molecule has 0 saturated carbocycles. The van der Waals surface area contributed by atoms with Crippen molar-refractivity contribution in [3.8, 4) is 0 Å². The van der Waals surface area contributed by atoms with E-state index >= 15 is 0 Å². The van der Waals surface area contributed by atoms with Crippen molar-refractivity contribution in [2.75, 3.05) is 0 Å². The molecule has 25 heavy (non-hydrogen) atoms. The van der Waals surface area contributed by atoms with E-state index in [1.54, 1.807) is 17.8 Å². The molecule has 1 aromatic heterocycles. The van der Waals surface area contributed by atoms with Gasteiger partial charge < -0.3 is 4.98 Å². The molecule has 0 aliphatic carbocycles. The molecule has 1 aliphatic heterocycles. The molecular weight excluding hydrogens is 331 g/mol. The number of thioether (sulfide) groups is 1. The predicted octanol–water partition coefficient (Wildman–Crippen LogP) is 6.54. The Hall–Kier alpha value is -2.33. The zero-order valence-electron chi connectivity index (χ0n) is 14.4. The van der Waals surface area contributed by atoms with Crippen LogP contribution in [0, 0.1) is 5.82 Å². The molecule has 0 bridgehead atoms. The minimum Gasteiger partial charge on any atom is -0.360 e. The Labute approximate surface area is 152 Å². The molecule has 2 nitrogen and oxygen atoms in total. The van der Waals surface area contributed by atoms with E-state index < -0.39 is 0 Å². The quantitative estimate of drug-likeness (QED) is 0.557. The fraction of sp³-hybridized carbons (Fsp3) is 0.190. The standard InChI is InChI=1S/C19H15FN2S.C2H6/c20-14-7-2-1-6-13(14)19-12-17(15-9-5-11-21-15)22-16-8-3-4-10-18(16)23-19;1-2/h1-11,19,21H,12H2;1-2H3. The summed E-state index contributed by atoms with van der Waals surface area (Å²) in [6.07, 6.45) is 2.57. The molecule has 128 valence electrons. The monoisotopic (exact) mass is 352 g/mol. The molecule has 1 aliphatic rings. The first-order valence-electron chi connectivity index (χ1n) is 8.53. The number of aromatic nitrogens is 1. The van der Waals surface area contributed by atoms with Gasteiger partial charge >= 0.3 is 0 Å². The average Bonchev–Trinajstić information content (AvgIpc) is 3.12. The number of aliphatic imine (C=N–C) groups is 1. The molecule has 2 aromatic carbocycles. The molecule has 0 radical (unpaired) electrons. The summed E-state index contributed by atoms with van der Waals surface area (Å²) >= 11 is 1.68. The summed E-state index contributed by atoms with van der Waals surface area (Å²) in [4.78, 5) is 9.13. The number of hydrogen-bond donors (Lipinski definition) is 1. The fourth-order valence-corrected chi connectivity index (χ4v) is 4.06. The van der Waals surface area contributed by atoms with Crippen molar-refractivity contribution in [1.82, 2.24) is 4.98 Å². The van der Waals surface area contributed by atoms with Crippen molar-refractivity contribution in [1.29, 1.82) is 0 Å². The van der Waals surface area contributed by atoms with Crippen LogP contribution in [0.25, 0.3) is 0 Å². The summed E-state index contributed by atoms with van der Waals surface area (Å²) in [6.45, 7) is 4.00. The first-order chi connectivity index (χ1) is 12.3. The third-order valence-electron chi connectivity index (χ3n) is 3.93. The number of fused-ring (bicyclic) bond motifs is 1. The Balaban J connectivity index is 0.000000880. The Morgan fingerprint density at radius 3 is 2.52 bits per heavy atom. The van der Waals surface area contributed by atoms with Crippen LogP contribution in [0.1, 0.15) is 36.8 Å². The van der Waals surface area contributed by atoms with Gasteiger partial charge in [0.1, 0.15) is 5.82 Å². The van der Waals surface area contributed by atoms with Gasteiger partial charge in [-0.3, -0.25) is 4.99 Å². The lowest BCUT2D eigenvalue weighted by Crippen LogP contribution is -2.07. The largest absolute Gasteiger partial charge is 0.360 e. The summed E-state index contributed by atoms with van der Waals surface area (Å²) in [7, 11) is 0. The maximum Gasteiger partial charge on any atom is 0.127 e. The van der Waals surface area contributed by atoms with Crippen LogP contribution in [0.4, 0.5) is 10.1 Å². The van der Waals surface area contributed by atoms with E-state index in [0.717, 1.165) is 27.6 Å². The number of halogens is 1. The number of hydrogen-bond acceptors (Lipinski definition) is 2. The maximum atomic E-state index is 14.3. The summed E-state index contributed by atoms with van der Waals surface area (Å²) in [5.74, 6) is -0.157. The smallest absolute Gasteiger partial charge is 0.127 e. The van der Waals surface area contributed by atoms with Crippen molar-refractivity contribution < 1.29 is 4.39 Å². The van der Waals surface area contributed by atoms with Gasteiger partial charge in [-0.15, -0.1) is 11.8 Å². The van der Waals surface area contributed by atoms with E-state index in [1.165, 1.54) is 6.07 Å². The first kappa shape index (κ1) is 17.5. The lowest BCUT2D eigenvalue weighted by molar-refractivity contribution is 0.609. The van der Waals surface area contributed by atoms with Gasteiger partial charge in [0.15, 0.2) is 0 Å². The van der Waals surface area contributed by atoms with Gasteiger partial charge in [-0.25, -0.2) is 4.39 Å². The zero-order valence-corrected chi connectivity index (χ0v) is 15.2. The average molecular weight is 352 g/mol. The van der Waals surface area contributed by atoms with Crippen LogP contribution in [-0.4, -0.2) is 10.7 Å².